The molecule has 0 heterocycles. The molecule has 0 aliphatic rings. The summed E-state index contributed by atoms with van der Waals surface area (Å²) in [4.78, 5) is 61.6. The Bertz CT molecular complexity index is 1020. The molecule has 0 saturated heterocycles. The maximum absolute atomic E-state index is 12.7. The van der Waals surface area contributed by atoms with Crippen molar-refractivity contribution in [1.29, 1.82) is 0 Å². The molecule has 14 nitrogen and oxygen atoms in total. The highest BCUT2D eigenvalue weighted by molar-refractivity contribution is 7.45. The van der Waals surface area contributed by atoms with Crippen molar-refractivity contribution in [2.24, 2.45) is 11.5 Å². The topological polar surface area (TPSA) is 216 Å². The van der Waals surface area contributed by atoms with Crippen LogP contribution >= 0.6 is 7.82 Å². The zero-order valence-corrected chi connectivity index (χ0v) is 35.2. The number of hydrogen-bond donors (Lipinski definition) is 2. The van der Waals surface area contributed by atoms with Gasteiger partial charge in [0.1, 0.15) is 13.2 Å². The van der Waals surface area contributed by atoms with Crippen molar-refractivity contribution in [1.82, 2.24) is 0 Å². The fraction of sp³-hybridized carbons (Fsp3) is 0.900. The summed E-state index contributed by atoms with van der Waals surface area (Å²) in [5.41, 5.74) is 10.7. The third-order valence-corrected chi connectivity index (χ3v) is 9.89. The molecule has 0 aromatic rings. The first-order valence-electron chi connectivity index (χ1n) is 21.3. The molecule has 15 heteroatoms. The van der Waals surface area contributed by atoms with Crippen molar-refractivity contribution in [2.45, 2.75) is 193 Å². The highest BCUT2D eigenvalue weighted by Gasteiger charge is 2.24. The van der Waals surface area contributed by atoms with Gasteiger partial charge in [-0.25, -0.2) is 0 Å². The summed E-state index contributed by atoms with van der Waals surface area (Å²) in [6, 6.07) is 0. The van der Waals surface area contributed by atoms with E-state index in [1.165, 1.54) is 89.9 Å². The summed E-state index contributed by atoms with van der Waals surface area (Å²) in [6.45, 7) is 2.19. The van der Waals surface area contributed by atoms with Gasteiger partial charge < -0.3 is 44.4 Å². The molecule has 0 aliphatic carbocycles. The average molecular weight is 808 g/mol. The molecular formula is C40H76N2O12P-. The van der Waals surface area contributed by atoms with Crippen LogP contribution in [0.1, 0.15) is 181 Å². The molecule has 0 rings (SSSR count). The normalized spacial score (nSPS) is 13.5. The number of unbranched alkanes of at least 4 members (excludes halogenated alkanes) is 20. The summed E-state index contributed by atoms with van der Waals surface area (Å²) in [6.07, 6.45) is 22.5. The van der Waals surface area contributed by atoms with Crippen LogP contribution in [0.25, 0.3) is 0 Å². The van der Waals surface area contributed by atoms with Gasteiger partial charge in [0, 0.05) is 25.9 Å². The zero-order valence-electron chi connectivity index (χ0n) is 34.3. The van der Waals surface area contributed by atoms with Crippen molar-refractivity contribution < 1.29 is 56.6 Å². The fourth-order valence-corrected chi connectivity index (χ4v) is 6.50. The minimum absolute atomic E-state index is 0.00816. The van der Waals surface area contributed by atoms with Gasteiger partial charge in [0.2, 0.25) is 0 Å². The number of phosphoric acid groups is 1. The molecule has 3 atom stereocenters. The van der Waals surface area contributed by atoms with Gasteiger partial charge in [-0.1, -0.05) is 142 Å². The van der Waals surface area contributed by atoms with Crippen molar-refractivity contribution in [3.05, 3.63) is 0 Å². The number of nitrogens with two attached hydrogens (primary N) is 2. The molecule has 0 amide bonds. The summed E-state index contributed by atoms with van der Waals surface area (Å²) in [7, 11) is -5.06. The monoisotopic (exact) mass is 808 g/mol. The smallest absolute Gasteiger partial charge is 0.307 e. The Hall–Kier alpha value is -2.09. The van der Waals surface area contributed by atoms with E-state index in [1.807, 2.05) is 0 Å². The molecule has 0 aromatic carbocycles. The number of rotatable bonds is 40. The van der Waals surface area contributed by atoms with Gasteiger partial charge in [-0.05, 0) is 12.8 Å². The molecule has 4 N–H and O–H groups in total. The lowest BCUT2D eigenvalue weighted by Crippen LogP contribution is -2.32. The van der Waals surface area contributed by atoms with Crippen LogP contribution in [-0.4, -0.2) is 75.6 Å². The van der Waals surface area contributed by atoms with Crippen LogP contribution < -0.4 is 16.4 Å². The number of carbonyl (C=O) groups is 4. The van der Waals surface area contributed by atoms with Crippen LogP contribution in [0.3, 0.4) is 0 Å². The molecule has 2 unspecified atom stereocenters. The lowest BCUT2D eigenvalue weighted by molar-refractivity contribution is -0.231. The van der Waals surface area contributed by atoms with Gasteiger partial charge in [0.05, 0.1) is 26.1 Å². The van der Waals surface area contributed by atoms with Crippen LogP contribution in [-0.2, 0) is 51.7 Å². The Balaban J connectivity index is 4.94. The lowest BCUT2D eigenvalue weighted by atomic mass is 10.1. The van der Waals surface area contributed by atoms with E-state index in [0.717, 1.165) is 38.5 Å². The second-order valence-electron chi connectivity index (χ2n) is 14.3. The van der Waals surface area contributed by atoms with Crippen LogP contribution in [0.15, 0.2) is 0 Å². The summed E-state index contributed by atoms with van der Waals surface area (Å²) in [5.74, 6) is -2.44. The van der Waals surface area contributed by atoms with E-state index in [2.05, 4.69) is 13.8 Å². The van der Waals surface area contributed by atoms with Gasteiger partial charge in [-0.3, -0.25) is 23.7 Å². The van der Waals surface area contributed by atoms with Crippen LogP contribution in [0.4, 0.5) is 0 Å². The van der Waals surface area contributed by atoms with Gasteiger partial charge >= 0.3 is 23.9 Å². The largest absolute Gasteiger partial charge is 0.756 e. The van der Waals surface area contributed by atoms with E-state index >= 15 is 0 Å². The molecule has 0 fully saturated rings. The number of phosphoric ester groups is 1. The van der Waals surface area contributed by atoms with Crippen LogP contribution in [0.2, 0.25) is 0 Å². The molecule has 0 saturated carbocycles. The maximum Gasteiger partial charge on any atom is 0.307 e. The second-order valence-corrected chi connectivity index (χ2v) is 15.7. The lowest BCUT2D eigenvalue weighted by Gasteiger charge is -2.27. The summed E-state index contributed by atoms with van der Waals surface area (Å²) < 4.78 is 43.6. The van der Waals surface area contributed by atoms with Gasteiger partial charge in [-0.2, -0.15) is 0 Å². The predicted octanol–water partition coefficient (Wildman–Crippen LogP) is 7.50. The SMILES string of the molecule is CCCCCCCCCCCCCC(=O)OC[C@H](COP(=O)([O-])OCC(COC(=O)CCN)OC(=O)CCN)OC(=O)CCCCCCCCCCCCC. The minimum atomic E-state index is -5.06. The molecule has 55 heavy (non-hydrogen) atoms. The van der Waals surface area contributed by atoms with E-state index in [-0.39, 0.29) is 38.8 Å². The molecule has 0 spiro atoms. The van der Waals surface area contributed by atoms with Gasteiger partial charge in [0.15, 0.2) is 12.2 Å². The molecule has 0 radical (unpaired) electrons. The van der Waals surface area contributed by atoms with Gasteiger partial charge in [0.25, 0.3) is 7.82 Å². The highest BCUT2D eigenvalue weighted by atomic mass is 31.2. The Morgan fingerprint density at radius 1 is 0.455 bits per heavy atom. The first-order chi connectivity index (χ1) is 26.6. The van der Waals surface area contributed by atoms with Crippen LogP contribution in [0, 0.1) is 0 Å². The Morgan fingerprint density at radius 3 is 1.11 bits per heavy atom. The first-order valence-corrected chi connectivity index (χ1v) is 22.7. The van der Waals surface area contributed by atoms with Crippen molar-refractivity contribution >= 4 is 31.7 Å². The first kappa shape index (κ1) is 52.9. The quantitative estimate of drug-likeness (QED) is 0.0265. The fourth-order valence-electron chi connectivity index (χ4n) is 5.73. The highest BCUT2D eigenvalue weighted by Crippen LogP contribution is 2.38. The Labute approximate surface area is 331 Å². The third-order valence-electron chi connectivity index (χ3n) is 8.96. The Morgan fingerprint density at radius 2 is 0.745 bits per heavy atom. The Kier molecular flexibility index (Phi) is 36.1. The van der Waals surface area contributed by atoms with E-state index < -0.39 is 70.3 Å². The maximum atomic E-state index is 12.7. The van der Waals surface area contributed by atoms with Crippen molar-refractivity contribution in [3.8, 4) is 0 Å². The van der Waals surface area contributed by atoms with E-state index in [4.69, 9.17) is 39.5 Å². The van der Waals surface area contributed by atoms with E-state index in [1.54, 1.807) is 0 Å². The van der Waals surface area contributed by atoms with Crippen molar-refractivity contribution in [2.75, 3.05) is 39.5 Å². The molecule has 0 aromatic heterocycles. The predicted molar refractivity (Wildman–Crippen MR) is 211 cm³/mol. The molecular weight excluding hydrogens is 731 g/mol. The van der Waals surface area contributed by atoms with Gasteiger partial charge in [-0.15, -0.1) is 0 Å². The second kappa shape index (κ2) is 37.5. The minimum Gasteiger partial charge on any atom is -0.756 e. The molecule has 0 bridgehead atoms. The zero-order chi connectivity index (χ0) is 40.8. The van der Waals surface area contributed by atoms with Crippen molar-refractivity contribution in [3.63, 3.8) is 0 Å². The number of ether oxygens (including phenoxy) is 4. The third kappa shape index (κ3) is 36.0. The van der Waals surface area contributed by atoms with Crippen LogP contribution in [0.5, 0.6) is 0 Å². The van der Waals surface area contributed by atoms with E-state index in [0.29, 0.717) is 12.8 Å². The summed E-state index contributed by atoms with van der Waals surface area (Å²) in [5, 5.41) is 0. The molecule has 0 aliphatic heterocycles. The number of esters is 4. The van der Waals surface area contributed by atoms with E-state index in [9.17, 15) is 28.6 Å². The molecule has 324 valence electrons. The number of carbonyl (C=O) groups excluding carboxylic acids is 4. The average Bonchev–Trinajstić information content (AvgIpc) is 3.15. The standard InChI is InChI=1S/C40H77N2O12P/c1-3-5-7-9-11-13-15-17-19-21-23-25-37(43)49-31-35(53-39(45)26-24-22-20-18-16-14-12-10-8-6-4-2)33-51-55(47,48)52-34-36(54-40(46)28-30-42)32-50-38(44)27-29-41/h35-36H,3-34,41-42H2,1-2H3,(H,47,48)/p-1/t35-,36?/m1/s1. The summed E-state index contributed by atoms with van der Waals surface area (Å²) >= 11 is 0. The number of hydrogen-bond acceptors (Lipinski definition) is 14.